The summed E-state index contributed by atoms with van der Waals surface area (Å²) in [5, 5.41) is 8.04. The van der Waals surface area contributed by atoms with Crippen molar-refractivity contribution in [2.75, 3.05) is 18.6 Å². The Hall–Kier alpha value is -1.07. The topological polar surface area (TPSA) is 42.2 Å². The molecule has 0 aliphatic carbocycles. The molecule has 4 nitrogen and oxygen atoms in total. The number of aromatic nitrogens is 3. The lowest BCUT2D eigenvalue weighted by Crippen LogP contribution is -2.22. The van der Waals surface area contributed by atoms with Crippen molar-refractivity contribution < 1.29 is 0 Å². The van der Waals surface area contributed by atoms with Crippen molar-refractivity contribution in [3.05, 3.63) is 29.2 Å². The van der Waals surface area contributed by atoms with Crippen LogP contribution in [0.25, 0.3) is 5.65 Å². The number of fused-ring (bicyclic) bond motifs is 1. The van der Waals surface area contributed by atoms with Crippen LogP contribution in [0.15, 0.2) is 12.3 Å². The van der Waals surface area contributed by atoms with Gasteiger partial charge in [0.25, 0.3) is 0 Å². The molecule has 104 valence electrons. The van der Waals surface area contributed by atoms with E-state index in [1.165, 1.54) is 23.4 Å². The maximum atomic E-state index is 4.49. The molecule has 0 fully saturated rings. The maximum absolute atomic E-state index is 4.49. The van der Waals surface area contributed by atoms with Gasteiger partial charge >= 0.3 is 0 Å². The molecule has 1 N–H and O–H groups in total. The highest BCUT2D eigenvalue weighted by Gasteiger charge is 2.12. The average molecular weight is 278 g/mol. The lowest BCUT2D eigenvalue weighted by atomic mass is 10.1. The molecule has 2 aromatic rings. The Morgan fingerprint density at radius 2 is 2.21 bits per heavy atom. The Labute approximate surface area is 119 Å². The second-order valence-corrected chi connectivity index (χ2v) is 5.86. The molecule has 0 radical (unpaired) electrons. The van der Waals surface area contributed by atoms with Crippen LogP contribution in [0.5, 0.6) is 0 Å². The van der Waals surface area contributed by atoms with E-state index in [9.17, 15) is 0 Å². The summed E-state index contributed by atoms with van der Waals surface area (Å²) in [6, 6.07) is 2.32. The third kappa shape index (κ3) is 3.28. The summed E-state index contributed by atoms with van der Waals surface area (Å²) < 4.78 is 1.94. The zero-order chi connectivity index (χ0) is 13.8. The predicted molar refractivity (Wildman–Crippen MR) is 81.9 cm³/mol. The van der Waals surface area contributed by atoms with Gasteiger partial charge in [0, 0.05) is 29.6 Å². The first kappa shape index (κ1) is 14.3. The highest BCUT2D eigenvalue weighted by Crippen LogP contribution is 2.17. The first-order valence-electron chi connectivity index (χ1n) is 6.67. The number of hydrogen-bond acceptors (Lipinski definition) is 4. The fraction of sp³-hybridized carbons (Fsp3) is 0.571. The summed E-state index contributed by atoms with van der Waals surface area (Å²) in [7, 11) is 0. The van der Waals surface area contributed by atoms with Crippen LogP contribution in [0.3, 0.4) is 0 Å². The van der Waals surface area contributed by atoms with E-state index < -0.39 is 0 Å². The normalized spacial score (nSPS) is 13.1. The molecule has 0 saturated carbocycles. The molecule has 2 aromatic heterocycles. The van der Waals surface area contributed by atoms with Crippen molar-refractivity contribution in [2.24, 2.45) is 0 Å². The molecule has 0 amide bonds. The third-order valence-electron chi connectivity index (χ3n) is 3.33. The second-order valence-electron chi connectivity index (χ2n) is 4.88. The van der Waals surface area contributed by atoms with Gasteiger partial charge in [-0.05, 0) is 45.7 Å². The molecule has 0 aliphatic rings. The Bertz CT molecular complexity index is 550. The molecule has 0 spiro atoms. The fourth-order valence-corrected chi connectivity index (χ4v) is 2.68. The summed E-state index contributed by atoms with van der Waals surface area (Å²) >= 11 is 1.89. The van der Waals surface area contributed by atoms with Gasteiger partial charge in [0.05, 0.1) is 5.69 Å². The van der Waals surface area contributed by atoms with Crippen molar-refractivity contribution in [3.63, 3.8) is 0 Å². The fourth-order valence-electron chi connectivity index (χ4n) is 2.25. The Morgan fingerprint density at radius 3 is 2.95 bits per heavy atom. The quantitative estimate of drug-likeness (QED) is 0.825. The van der Waals surface area contributed by atoms with Crippen molar-refractivity contribution in [1.29, 1.82) is 0 Å². The number of hydrogen-bond donors (Lipinski definition) is 1. The van der Waals surface area contributed by atoms with Crippen LogP contribution in [0.2, 0.25) is 0 Å². The van der Waals surface area contributed by atoms with Crippen LogP contribution in [-0.2, 0) is 0 Å². The van der Waals surface area contributed by atoms with Gasteiger partial charge in [-0.15, -0.1) is 0 Å². The summed E-state index contributed by atoms with van der Waals surface area (Å²) in [6.07, 6.45) is 5.31. The first-order chi connectivity index (χ1) is 9.13. The number of nitrogens with zero attached hydrogens (tertiary/aromatic N) is 3. The van der Waals surface area contributed by atoms with E-state index in [1.807, 2.05) is 35.5 Å². The molecule has 2 rings (SSSR count). The van der Waals surface area contributed by atoms with Gasteiger partial charge in [-0.25, -0.2) is 9.50 Å². The third-order valence-corrected chi connectivity index (χ3v) is 4.02. The van der Waals surface area contributed by atoms with Crippen LogP contribution in [0.4, 0.5) is 0 Å². The highest BCUT2D eigenvalue weighted by atomic mass is 32.2. The number of nitrogens with one attached hydrogen (secondary N) is 1. The molecule has 19 heavy (non-hydrogen) atoms. The smallest absolute Gasteiger partial charge is 0.155 e. The molecule has 0 saturated heterocycles. The Morgan fingerprint density at radius 1 is 1.42 bits per heavy atom. The second kappa shape index (κ2) is 6.39. The molecule has 0 aliphatic heterocycles. The molecular weight excluding hydrogens is 256 g/mol. The molecule has 1 atom stereocenters. The summed E-state index contributed by atoms with van der Waals surface area (Å²) in [6.45, 7) is 7.33. The molecule has 0 bridgehead atoms. The van der Waals surface area contributed by atoms with Crippen molar-refractivity contribution in [3.8, 4) is 0 Å². The molecule has 0 aromatic carbocycles. The van der Waals surface area contributed by atoms with Gasteiger partial charge in [-0.3, -0.25) is 0 Å². The van der Waals surface area contributed by atoms with Gasteiger partial charge in [0.15, 0.2) is 5.65 Å². The van der Waals surface area contributed by atoms with Crippen LogP contribution in [0.1, 0.15) is 36.3 Å². The minimum absolute atomic E-state index is 0.309. The summed E-state index contributed by atoms with van der Waals surface area (Å²) in [5.74, 6) is 1.20. The van der Waals surface area contributed by atoms with Gasteiger partial charge in [0.2, 0.25) is 0 Å². The zero-order valence-electron chi connectivity index (χ0n) is 12.1. The number of rotatable bonds is 6. The minimum atomic E-state index is 0.309. The van der Waals surface area contributed by atoms with E-state index in [0.717, 1.165) is 17.9 Å². The van der Waals surface area contributed by atoms with E-state index in [-0.39, 0.29) is 0 Å². The van der Waals surface area contributed by atoms with Crippen LogP contribution in [-0.4, -0.2) is 33.2 Å². The number of aryl methyl sites for hydroxylation is 2. The van der Waals surface area contributed by atoms with E-state index >= 15 is 0 Å². The van der Waals surface area contributed by atoms with Crippen molar-refractivity contribution in [2.45, 2.75) is 33.2 Å². The molecule has 2 heterocycles. The SMILES string of the molecule is CSCCCNC(C)c1cnc2cc(C)nn2c1C. The lowest BCUT2D eigenvalue weighted by Gasteiger charge is -2.16. The molecule has 5 heteroatoms. The highest BCUT2D eigenvalue weighted by molar-refractivity contribution is 7.98. The standard InChI is InChI=1S/C14H22N4S/c1-10-8-14-16-9-13(12(3)18(14)17-10)11(2)15-6-5-7-19-4/h8-9,11,15H,5-7H2,1-4H3. The van der Waals surface area contributed by atoms with E-state index in [0.29, 0.717) is 6.04 Å². The van der Waals surface area contributed by atoms with Gasteiger partial charge in [-0.2, -0.15) is 16.9 Å². The Kier molecular flexibility index (Phi) is 4.82. The van der Waals surface area contributed by atoms with Crippen LogP contribution >= 0.6 is 11.8 Å². The molecule has 1 unspecified atom stereocenters. The summed E-state index contributed by atoms with van der Waals surface area (Å²) in [4.78, 5) is 4.48. The van der Waals surface area contributed by atoms with Crippen LogP contribution in [0, 0.1) is 13.8 Å². The van der Waals surface area contributed by atoms with E-state index in [4.69, 9.17) is 0 Å². The van der Waals surface area contributed by atoms with Crippen LogP contribution < -0.4 is 5.32 Å². The predicted octanol–water partition coefficient (Wildman–Crippen LogP) is 2.75. The van der Waals surface area contributed by atoms with Crippen molar-refractivity contribution in [1.82, 2.24) is 19.9 Å². The molecular formula is C14H22N4S. The van der Waals surface area contributed by atoms with E-state index in [2.05, 4.69) is 35.5 Å². The largest absolute Gasteiger partial charge is 0.310 e. The average Bonchev–Trinajstić information content (AvgIpc) is 2.76. The van der Waals surface area contributed by atoms with Crippen molar-refractivity contribution >= 4 is 17.4 Å². The lowest BCUT2D eigenvalue weighted by molar-refractivity contribution is 0.563. The number of thioether (sulfide) groups is 1. The van der Waals surface area contributed by atoms with E-state index in [1.54, 1.807) is 0 Å². The zero-order valence-corrected chi connectivity index (χ0v) is 12.9. The Balaban J connectivity index is 2.13. The van der Waals surface area contributed by atoms with Gasteiger partial charge < -0.3 is 5.32 Å². The minimum Gasteiger partial charge on any atom is -0.310 e. The monoisotopic (exact) mass is 278 g/mol. The van der Waals surface area contributed by atoms with Gasteiger partial charge in [0.1, 0.15) is 0 Å². The van der Waals surface area contributed by atoms with Gasteiger partial charge in [-0.1, -0.05) is 0 Å². The first-order valence-corrected chi connectivity index (χ1v) is 8.07. The maximum Gasteiger partial charge on any atom is 0.155 e. The summed E-state index contributed by atoms with van der Waals surface area (Å²) in [5.41, 5.74) is 4.32.